The second kappa shape index (κ2) is 7.28. The first kappa shape index (κ1) is 15.6. The molecule has 0 saturated carbocycles. The van der Waals surface area contributed by atoms with Crippen molar-refractivity contribution in [2.75, 3.05) is 52.4 Å². The lowest BCUT2D eigenvalue weighted by Gasteiger charge is -2.47. The van der Waals surface area contributed by atoms with E-state index in [1.807, 2.05) is 0 Å². The summed E-state index contributed by atoms with van der Waals surface area (Å²) in [6.07, 6.45) is 1.47. The van der Waals surface area contributed by atoms with Crippen molar-refractivity contribution in [1.29, 1.82) is 0 Å². The average Bonchev–Trinajstić information content (AvgIpc) is 2.56. The lowest BCUT2D eigenvalue weighted by atomic mass is 10.1. The molecule has 4 saturated heterocycles. The van der Waals surface area contributed by atoms with Crippen LogP contribution in [0.25, 0.3) is 0 Å². The molecule has 0 aliphatic carbocycles. The number of amides is 1. The Balaban J connectivity index is 1.52. The quantitative estimate of drug-likeness (QED) is 0.450. The van der Waals surface area contributed by atoms with E-state index < -0.39 is 0 Å². The molecule has 4 rings (SSSR count). The molecule has 4 aliphatic heterocycles. The third-order valence-corrected chi connectivity index (χ3v) is 4.80. The third-order valence-electron chi connectivity index (χ3n) is 4.80. The standard InChI is InChI=1S/C15H28N6O/c1-2-16-15(19-12-3-4-14(22)17-9-12)18-10-13-11-20-5-7-21(13)8-6-20/h12-13H,2-11H2,1H3,(H,17,22)(H2,16,18,19). The molecule has 3 N–H and O–H groups in total. The van der Waals surface area contributed by atoms with Gasteiger partial charge in [-0.3, -0.25) is 19.6 Å². The fraction of sp³-hybridized carbons (Fsp3) is 0.867. The summed E-state index contributed by atoms with van der Waals surface area (Å²) in [4.78, 5) is 21.1. The van der Waals surface area contributed by atoms with Crippen molar-refractivity contribution in [3.05, 3.63) is 0 Å². The van der Waals surface area contributed by atoms with E-state index in [1.165, 1.54) is 26.2 Å². The minimum absolute atomic E-state index is 0.153. The molecule has 2 unspecified atom stereocenters. The van der Waals surface area contributed by atoms with Gasteiger partial charge in [0.25, 0.3) is 0 Å². The molecule has 4 fully saturated rings. The van der Waals surface area contributed by atoms with Crippen molar-refractivity contribution in [2.45, 2.75) is 31.8 Å². The Labute approximate surface area is 132 Å². The highest BCUT2D eigenvalue weighted by Crippen LogP contribution is 2.15. The summed E-state index contributed by atoms with van der Waals surface area (Å²) < 4.78 is 0. The van der Waals surface area contributed by atoms with Crippen LogP contribution in [0.4, 0.5) is 0 Å². The van der Waals surface area contributed by atoms with E-state index in [0.717, 1.165) is 32.0 Å². The summed E-state index contributed by atoms with van der Waals surface area (Å²) in [5.74, 6) is 1.03. The van der Waals surface area contributed by atoms with Gasteiger partial charge in [0.15, 0.2) is 5.96 Å². The molecule has 4 aliphatic rings. The fourth-order valence-electron chi connectivity index (χ4n) is 3.46. The van der Waals surface area contributed by atoms with E-state index >= 15 is 0 Å². The van der Waals surface area contributed by atoms with Gasteiger partial charge in [-0.1, -0.05) is 0 Å². The maximum Gasteiger partial charge on any atom is 0.220 e. The Morgan fingerprint density at radius 3 is 2.77 bits per heavy atom. The molecule has 0 aromatic carbocycles. The Morgan fingerprint density at radius 2 is 2.18 bits per heavy atom. The number of carbonyl (C=O) groups is 1. The van der Waals surface area contributed by atoms with Gasteiger partial charge in [0.05, 0.1) is 6.54 Å². The molecular weight excluding hydrogens is 280 g/mol. The molecule has 7 heteroatoms. The summed E-state index contributed by atoms with van der Waals surface area (Å²) in [5, 5.41) is 9.68. The van der Waals surface area contributed by atoms with E-state index in [0.29, 0.717) is 19.0 Å². The number of fused-ring (bicyclic) bond motifs is 3. The summed E-state index contributed by atoms with van der Waals surface area (Å²) in [5.41, 5.74) is 0. The number of aliphatic imine (C=N–C) groups is 1. The number of rotatable bonds is 4. The lowest BCUT2D eigenvalue weighted by Crippen LogP contribution is -2.62. The SMILES string of the molecule is CCNC(=NCC1CN2CCN1CC2)NC1CCC(=O)NC1. The number of hydrogen-bond donors (Lipinski definition) is 3. The van der Waals surface area contributed by atoms with E-state index in [4.69, 9.17) is 4.99 Å². The summed E-state index contributed by atoms with van der Waals surface area (Å²) >= 11 is 0. The van der Waals surface area contributed by atoms with E-state index in [2.05, 4.69) is 32.7 Å². The second-order valence-corrected chi connectivity index (χ2v) is 6.39. The number of piperidine rings is 1. The zero-order chi connectivity index (χ0) is 15.4. The Kier molecular flexibility index (Phi) is 5.15. The zero-order valence-electron chi connectivity index (χ0n) is 13.5. The molecule has 0 spiro atoms. The maximum atomic E-state index is 11.2. The average molecular weight is 308 g/mol. The van der Waals surface area contributed by atoms with Crippen LogP contribution >= 0.6 is 0 Å². The van der Waals surface area contributed by atoms with Crippen LogP contribution in [-0.2, 0) is 4.79 Å². The Morgan fingerprint density at radius 1 is 1.36 bits per heavy atom. The molecule has 0 radical (unpaired) electrons. The normalized spacial score (nSPS) is 35.1. The van der Waals surface area contributed by atoms with Gasteiger partial charge in [-0.25, -0.2) is 0 Å². The van der Waals surface area contributed by atoms with Crippen molar-refractivity contribution < 1.29 is 4.79 Å². The van der Waals surface area contributed by atoms with Crippen molar-refractivity contribution in [2.24, 2.45) is 4.99 Å². The third kappa shape index (κ3) is 3.89. The number of guanidine groups is 1. The predicted molar refractivity (Wildman–Crippen MR) is 86.9 cm³/mol. The predicted octanol–water partition coefficient (Wildman–Crippen LogP) is -1.18. The van der Waals surface area contributed by atoms with Crippen LogP contribution in [-0.4, -0.2) is 86.1 Å². The fourth-order valence-corrected chi connectivity index (χ4v) is 3.46. The van der Waals surface area contributed by atoms with Crippen molar-refractivity contribution in [1.82, 2.24) is 25.8 Å². The van der Waals surface area contributed by atoms with E-state index in [9.17, 15) is 4.79 Å². The minimum atomic E-state index is 0.153. The van der Waals surface area contributed by atoms with Crippen LogP contribution in [0.3, 0.4) is 0 Å². The monoisotopic (exact) mass is 308 g/mol. The Bertz CT molecular complexity index is 408. The van der Waals surface area contributed by atoms with E-state index in [1.54, 1.807) is 0 Å². The molecule has 2 bridgehead atoms. The summed E-state index contributed by atoms with van der Waals surface area (Å²) in [7, 11) is 0. The molecule has 7 nitrogen and oxygen atoms in total. The number of piperazine rings is 3. The molecule has 0 aromatic heterocycles. The van der Waals surface area contributed by atoms with Crippen LogP contribution in [0.5, 0.6) is 0 Å². The summed E-state index contributed by atoms with van der Waals surface area (Å²) in [6, 6.07) is 0.825. The number of nitrogens with zero attached hydrogens (tertiary/aromatic N) is 3. The maximum absolute atomic E-state index is 11.2. The molecule has 1 amide bonds. The van der Waals surface area contributed by atoms with Gasteiger partial charge >= 0.3 is 0 Å². The largest absolute Gasteiger partial charge is 0.357 e. The number of carbonyl (C=O) groups excluding carboxylic acids is 1. The van der Waals surface area contributed by atoms with Crippen LogP contribution in [0, 0.1) is 0 Å². The second-order valence-electron chi connectivity index (χ2n) is 6.39. The van der Waals surface area contributed by atoms with Gasteiger partial charge < -0.3 is 16.0 Å². The number of hydrogen-bond acceptors (Lipinski definition) is 4. The van der Waals surface area contributed by atoms with Crippen LogP contribution in [0.1, 0.15) is 19.8 Å². The smallest absolute Gasteiger partial charge is 0.220 e. The zero-order valence-corrected chi connectivity index (χ0v) is 13.5. The molecular formula is C15H28N6O. The van der Waals surface area contributed by atoms with E-state index in [-0.39, 0.29) is 11.9 Å². The highest BCUT2D eigenvalue weighted by Gasteiger charge is 2.31. The van der Waals surface area contributed by atoms with Gasteiger partial charge in [-0.15, -0.1) is 0 Å². The first-order valence-corrected chi connectivity index (χ1v) is 8.52. The highest BCUT2D eigenvalue weighted by atomic mass is 16.1. The molecule has 124 valence electrons. The van der Waals surface area contributed by atoms with Crippen LogP contribution < -0.4 is 16.0 Å². The first-order valence-electron chi connectivity index (χ1n) is 8.52. The van der Waals surface area contributed by atoms with Crippen LogP contribution in [0.2, 0.25) is 0 Å². The molecule has 4 heterocycles. The first-order chi connectivity index (χ1) is 10.7. The lowest BCUT2D eigenvalue weighted by molar-refractivity contribution is -0.122. The van der Waals surface area contributed by atoms with Gasteiger partial charge in [-0.2, -0.15) is 0 Å². The molecule has 2 atom stereocenters. The summed E-state index contributed by atoms with van der Waals surface area (Å²) in [6.45, 7) is 10.4. The van der Waals surface area contributed by atoms with Crippen LogP contribution in [0.15, 0.2) is 4.99 Å². The Hall–Kier alpha value is -1.34. The van der Waals surface area contributed by atoms with Gasteiger partial charge in [-0.05, 0) is 13.3 Å². The van der Waals surface area contributed by atoms with Crippen molar-refractivity contribution in [3.63, 3.8) is 0 Å². The van der Waals surface area contributed by atoms with Crippen molar-refractivity contribution >= 4 is 11.9 Å². The topological polar surface area (TPSA) is 72.0 Å². The molecule has 22 heavy (non-hydrogen) atoms. The highest BCUT2D eigenvalue weighted by molar-refractivity contribution is 5.81. The number of nitrogens with one attached hydrogen (secondary N) is 3. The minimum Gasteiger partial charge on any atom is -0.357 e. The van der Waals surface area contributed by atoms with Gasteiger partial charge in [0, 0.05) is 64.3 Å². The van der Waals surface area contributed by atoms with Gasteiger partial charge in [0.1, 0.15) is 0 Å². The van der Waals surface area contributed by atoms with Gasteiger partial charge in [0.2, 0.25) is 5.91 Å². The molecule has 0 aromatic rings. The van der Waals surface area contributed by atoms with Crippen molar-refractivity contribution in [3.8, 4) is 0 Å².